The molecule has 0 radical (unpaired) electrons. The number of fused-ring (bicyclic) bond motifs is 1. The molecule has 4 heteroatoms. The minimum absolute atomic E-state index is 0.634. The summed E-state index contributed by atoms with van der Waals surface area (Å²) in [7, 11) is 0. The highest BCUT2D eigenvalue weighted by Gasteiger charge is 2.15. The van der Waals surface area contributed by atoms with Crippen molar-refractivity contribution in [3.63, 3.8) is 0 Å². The standard InChI is InChI=1S/C19H15ClN2O/c1-13-5-2-3-7-16(13)19-21-17-11-14(20)8-9-18(17)22(19)12-15-6-4-10-23-15/h2-11H,12H2,1H3. The van der Waals surface area contributed by atoms with Gasteiger partial charge in [0.2, 0.25) is 0 Å². The summed E-state index contributed by atoms with van der Waals surface area (Å²) in [5, 5.41) is 0.691. The molecule has 0 spiro atoms. The van der Waals surface area contributed by atoms with Crippen LogP contribution < -0.4 is 0 Å². The first kappa shape index (κ1) is 14.1. The van der Waals surface area contributed by atoms with Gasteiger partial charge >= 0.3 is 0 Å². The molecule has 0 aliphatic carbocycles. The van der Waals surface area contributed by atoms with E-state index in [2.05, 4.69) is 23.6 Å². The zero-order valence-corrected chi connectivity index (χ0v) is 13.4. The number of aryl methyl sites for hydroxylation is 1. The number of furan rings is 1. The van der Waals surface area contributed by atoms with E-state index in [0.29, 0.717) is 11.6 Å². The Bertz CT molecular complexity index is 970. The SMILES string of the molecule is Cc1ccccc1-c1nc2cc(Cl)ccc2n1Cc1ccco1. The van der Waals surface area contributed by atoms with Crippen LogP contribution in [0.3, 0.4) is 0 Å². The van der Waals surface area contributed by atoms with Crippen LogP contribution in [0.1, 0.15) is 11.3 Å². The van der Waals surface area contributed by atoms with Gasteiger partial charge in [-0.3, -0.25) is 0 Å². The van der Waals surface area contributed by atoms with Crippen molar-refractivity contribution in [3.05, 3.63) is 77.2 Å². The Labute approximate surface area is 139 Å². The molecule has 0 fully saturated rings. The van der Waals surface area contributed by atoms with Crippen molar-refractivity contribution in [2.24, 2.45) is 0 Å². The summed E-state index contributed by atoms with van der Waals surface area (Å²) >= 11 is 6.13. The van der Waals surface area contributed by atoms with E-state index in [1.165, 1.54) is 5.56 Å². The minimum atomic E-state index is 0.634. The molecular weight excluding hydrogens is 308 g/mol. The molecule has 4 aromatic rings. The molecule has 0 saturated heterocycles. The van der Waals surface area contributed by atoms with Gasteiger partial charge in [-0.2, -0.15) is 0 Å². The van der Waals surface area contributed by atoms with E-state index in [0.717, 1.165) is 28.2 Å². The van der Waals surface area contributed by atoms with Gasteiger partial charge in [-0.05, 0) is 42.8 Å². The molecule has 0 unspecified atom stereocenters. The zero-order chi connectivity index (χ0) is 15.8. The van der Waals surface area contributed by atoms with E-state index in [4.69, 9.17) is 21.0 Å². The normalized spacial score (nSPS) is 11.2. The highest BCUT2D eigenvalue weighted by molar-refractivity contribution is 6.31. The number of halogens is 1. The Morgan fingerprint density at radius 2 is 1.96 bits per heavy atom. The summed E-state index contributed by atoms with van der Waals surface area (Å²) in [5.74, 6) is 1.82. The molecule has 0 aliphatic heterocycles. The summed E-state index contributed by atoms with van der Waals surface area (Å²) < 4.78 is 7.70. The molecule has 2 aromatic carbocycles. The minimum Gasteiger partial charge on any atom is -0.467 e. The van der Waals surface area contributed by atoms with Gasteiger partial charge in [0, 0.05) is 10.6 Å². The Kier molecular flexibility index (Phi) is 3.43. The lowest BCUT2D eigenvalue weighted by molar-refractivity contribution is 0.497. The smallest absolute Gasteiger partial charge is 0.141 e. The third-order valence-electron chi connectivity index (χ3n) is 3.99. The quantitative estimate of drug-likeness (QED) is 0.512. The Hall–Kier alpha value is -2.52. The molecule has 3 nitrogen and oxygen atoms in total. The van der Waals surface area contributed by atoms with Crippen molar-refractivity contribution in [1.82, 2.24) is 9.55 Å². The number of imidazole rings is 1. The van der Waals surface area contributed by atoms with Gasteiger partial charge < -0.3 is 8.98 Å². The first-order valence-electron chi connectivity index (χ1n) is 7.46. The molecule has 2 heterocycles. The summed E-state index contributed by atoms with van der Waals surface area (Å²) in [6.07, 6.45) is 1.69. The molecule has 23 heavy (non-hydrogen) atoms. The third-order valence-corrected chi connectivity index (χ3v) is 4.23. The summed E-state index contributed by atoms with van der Waals surface area (Å²) in [5.41, 5.74) is 4.24. The average Bonchev–Trinajstić information content (AvgIpc) is 3.16. The van der Waals surface area contributed by atoms with Gasteiger partial charge in [0.05, 0.1) is 23.8 Å². The maximum Gasteiger partial charge on any atom is 0.141 e. The number of hydrogen-bond donors (Lipinski definition) is 0. The van der Waals surface area contributed by atoms with E-state index in [1.54, 1.807) is 6.26 Å². The first-order chi connectivity index (χ1) is 11.2. The van der Waals surface area contributed by atoms with Crippen LogP contribution in [0.25, 0.3) is 22.4 Å². The Morgan fingerprint density at radius 3 is 2.74 bits per heavy atom. The molecule has 114 valence electrons. The van der Waals surface area contributed by atoms with Crippen LogP contribution in [0.2, 0.25) is 5.02 Å². The maximum atomic E-state index is 6.13. The molecule has 4 rings (SSSR count). The third kappa shape index (κ3) is 2.53. The van der Waals surface area contributed by atoms with Gasteiger partial charge in [0.1, 0.15) is 11.6 Å². The van der Waals surface area contributed by atoms with Crippen LogP contribution in [-0.4, -0.2) is 9.55 Å². The van der Waals surface area contributed by atoms with Crippen molar-refractivity contribution in [3.8, 4) is 11.4 Å². The Balaban J connectivity index is 1.96. The lowest BCUT2D eigenvalue weighted by atomic mass is 10.1. The number of hydrogen-bond acceptors (Lipinski definition) is 2. The van der Waals surface area contributed by atoms with Crippen molar-refractivity contribution in [2.75, 3.05) is 0 Å². The van der Waals surface area contributed by atoms with E-state index in [1.807, 2.05) is 42.5 Å². The number of nitrogens with zero attached hydrogens (tertiary/aromatic N) is 2. The predicted molar refractivity (Wildman–Crippen MR) is 92.7 cm³/mol. The lowest BCUT2D eigenvalue weighted by Gasteiger charge is -2.09. The van der Waals surface area contributed by atoms with Crippen LogP contribution >= 0.6 is 11.6 Å². The molecule has 0 aliphatic rings. The molecule has 0 bridgehead atoms. The molecule has 0 atom stereocenters. The number of rotatable bonds is 3. The molecule has 0 amide bonds. The molecular formula is C19H15ClN2O. The second-order valence-corrected chi connectivity index (χ2v) is 5.99. The molecule has 0 saturated carbocycles. The Morgan fingerprint density at radius 1 is 1.09 bits per heavy atom. The summed E-state index contributed by atoms with van der Waals surface area (Å²) in [6, 6.07) is 17.9. The van der Waals surface area contributed by atoms with Crippen LogP contribution in [0.15, 0.2) is 65.3 Å². The van der Waals surface area contributed by atoms with Crippen LogP contribution in [0.5, 0.6) is 0 Å². The summed E-state index contributed by atoms with van der Waals surface area (Å²) in [4.78, 5) is 4.82. The van der Waals surface area contributed by atoms with E-state index >= 15 is 0 Å². The highest BCUT2D eigenvalue weighted by Crippen LogP contribution is 2.29. The lowest BCUT2D eigenvalue weighted by Crippen LogP contribution is -2.02. The van der Waals surface area contributed by atoms with E-state index < -0.39 is 0 Å². The number of benzene rings is 2. The van der Waals surface area contributed by atoms with Gasteiger partial charge in [0.15, 0.2) is 0 Å². The van der Waals surface area contributed by atoms with Gasteiger partial charge in [-0.25, -0.2) is 4.98 Å². The summed E-state index contributed by atoms with van der Waals surface area (Å²) in [6.45, 7) is 2.73. The van der Waals surface area contributed by atoms with Crippen molar-refractivity contribution < 1.29 is 4.42 Å². The number of aromatic nitrogens is 2. The maximum absolute atomic E-state index is 6.13. The first-order valence-corrected chi connectivity index (χ1v) is 7.84. The largest absolute Gasteiger partial charge is 0.467 e. The zero-order valence-electron chi connectivity index (χ0n) is 12.7. The van der Waals surface area contributed by atoms with E-state index in [9.17, 15) is 0 Å². The second-order valence-electron chi connectivity index (χ2n) is 5.55. The van der Waals surface area contributed by atoms with Gasteiger partial charge in [-0.1, -0.05) is 35.9 Å². The van der Waals surface area contributed by atoms with Crippen molar-refractivity contribution in [1.29, 1.82) is 0 Å². The molecule has 0 N–H and O–H groups in total. The van der Waals surface area contributed by atoms with Gasteiger partial charge in [-0.15, -0.1) is 0 Å². The van der Waals surface area contributed by atoms with Gasteiger partial charge in [0.25, 0.3) is 0 Å². The van der Waals surface area contributed by atoms with Crippen LogP contribution in [0, 0.1) is 6.92 Å². The highest BCUT2D eigenvalue weighted by atomic mass is 35.5. The topological polar surface area (TPSA) is 31.0 Å². The van der Waals surface area contributed by atoms with Crippen molar-refractivity contribution in [2.45, 2.75) is 13.5 Å². The average molecular weight is 323 g/mol. The fourth-order valence-corrected chi connectivity index (χ4v) is 3.02. The second kappa shape index (κ2) is 5.60. The monoisotopic (exact) mass is 322 g/mol. The van der Waals surface area contributed by atoms with Crippen LogP contribution in [0.4, 0.5) is 0 Å². The van der Waals surface area contributed by atoms with Crippen LogP contribution in [-0.2, 0) is 6.54 Å². The predicted octanol–water partition coefficient (Wildman–Crippen LogP) is 5.31. The van der Waals surface area contributed by atoms with E-state index in [-0.39, 0.29) is 0 Å². The fourth-order valence-electron chi connectivity index (χ4n) is 2.85. The van der Waals surface area contributed by atoms with Crippen molar-refractivity contribution >= 4 is 22.6 Å². The fraction of sp³-hybridized carbons (Fsp3) is 0.105. The molecule has 2 aromatic heterocycles.